The van der Waals surface area contributed by atoms with Gasteiger partial charge in [0, 0.05) is 0 Å². The van der Waals surface area contributed by atoms with Gasteiger partial charge in [-0.05, 0) is 74.8 Å². The van der Waals surface area contributed by atoms with Crippen LogP contribution in [0.5, 0.6) is 5.75 Å². The van der Waals surface area contributed by atoms with Gasteiger partial charge in [-0.25, -0.2) is 13.9 Å². The lowest BCUT2D eigenvalue weighted by molar-refractivity contribution is -0.132. The third kappa shape index (κ3) is 6.31. The van der Waals surface area contributed by atoms with Crippen LogP contribution in [0.3, 0.4) is 0 Å². The van der Waals surface area contributed by atoms with Gasteiger partial charge in [0.1, 0.15) is 5.75 Å². The number of sulfone groups is 1. The average Bonchev–Trinajstić information content (AvgIpc) is 3.26. The second-order valence-electron chi connectivity index (χ2n) is 7.83. The highest BCUT2D eigenvalue weighted by Gasteiger charge is 2.27. The smallest absolute Gasteiger partial charge is 0.247 e. The number of ether oxygens (including phenoxy) is 1. The second kappa shape index (κ2) is 10.6. The molecule has 30 heavy (non-hydrogen) atoms. The predicted molar refractivity (Wildman–Crippen MR) is 114 cm³/mol. The normalized spacial score (nSPS) is 15.6. The first-order valence-corrected chi connectivity index (χ1v) is 12.1. The van der Waals surface area contributed by atoms with Crippen LogP contribution >= 0.6 is 0 Å². The third-order valence-corrected chi connectivity index (χ3v) is 7.38. The van der Waals surface area contributed by atoms with E-state index in [0.717, 1.165) is 37.7 Å². The van der Waals surface area contributed by atoms with Gasteiger partial charge in [-0.2, -0.15) is 0 Å². The molecule has 0 saturated heterocycles. The van der Waals surface area contributed by atoms with Crippen LogP contribution in [-0.2, 0) is 21.1 Å². The summed E-state index contributed by atoms with van der Waals surface area (Å²) >= 11 is 0. The number of hydrogen-bond acceptors (Lipinski definition) is 5. The van der Waals surface area contributed by atoms with Crippen molar-refractivity contribution in [2.45, 2.75) is 55.9 Å². The van der Waals surface area contributed by atoms with Crippen LogP contribution < -0.4 is 10.2 Å². The van der Waals surface area contributed by atoms with Gasteiger partial charge in [-0.15, -0.1) is 0 Å². The van der Waals surface area contributed by atoms with Crippen LogP contribution in [0.4, 0.5) is 0 Å². The number of rotatable bonds is 10. The zero-order chi connectivity index (χ0) is 21.4. The molecule has 1 aliphatic carbocycles. The van der Waals surface area contributed by atoms with Crippen LogP contribution in [0.2, 0.25) is 0 Å². The highest BCUT2D eigenvalue weighted by molar-refractivity contribution is 7.91. The van der Waals surface area contributed by atoms with E-state index >= 15 is 0 Å². The summed E-state index contributed by atoms with van der Waals surface area (Å²) in [6, 6.07) is 16.2. The monoisotopic (exact) mass is 431 g/mol. The lowest BCUT2D eigenvalue weighted by Gasteiger charge is -2.16. The molecule has 1 aliphatic rings. The van der Waals surface area contributed by atoms with Gasteiger partial charge < -0.3 is 4.74 Å². The summed E-state index contributed by atoms with van der Waals surface area (Å²) < 4.78 is 31.6. The topological polar surface area (TPSA) is 92.7 Å². The molecule has 2 N–H and O–H groups in total. The number of carbonyl (C=O) groups is 1. The van der Waals surface area contributed by atoms with Crippen LogP contribution in [0.1, 0.15) is 44.1 Å². The SMILES string of the molecule is O=C(NO)C(CCCc1ccccc1)CS(=O)(=O)c1ccc(OC2CCCC2)cc1. The zero-order valence-electron chi connectivity index (χ0n) is 17.0. The third-order valence-electron chi connectivity index (χ3n) is 5.55. The van der Waals surface area contributed by atoms with E-state index in [1.807, 2.05) is 30.3 Å². The van der Waals surface area contributed by atoms with E-state index in [-0.39, 0.29) is 16.8 Å². The lowest BCUT2D eigenvalue weighted by atomic mass is 10.0. The molecule has 0 heterocycles. The van der Waals surface area contributed by atoms with E-state index in [1.165, 1.54) is 12.1 Å². The van der Waals surface area contributed by atoms with E-state index in [1.54, 1.807) is 17.6 Å². The first-order valence-electron chi connectivity index (χ1n) is 10.5. The van der Waals surface area contributed by atoms with Crippen LogP contribution in [0, 0.1) is 5.92 Å². The predicted octanol–water partition coefficient (Wildman–Crippen LogP) is 3.93. The molecular weight excluding hydrogens is 402 g/mol. The summed E-state index contributed by atoms with van der Waals surface area (Å²) in [7, 11) is -3.68. The van der Waals surface area contributed by atoms with Gasteiger partial charge >= 0.3 is 0 Å². The molecule has 0 bridgehead atoms. The molecule has 3 rings (SSSR count). The Labute approximate surface area is 178 Å². The van der Waals surface area contributed by atoms with Crippen LogP contribution in [0.25, 0.3) is 0 Å². The van der Waals surface area contributed by atoms with Gasteiger partial charge in [0.2, 0.25) is 5.91 Å². The number of aryl methyl sites for hydroxylation is 1. The maximum Gasteiger partial charge on any atom is 0.247 e. The number of hydroxylamine groups is 1. The van der Waals surface area contributed by atoms with Crippen molar-refractivity contribution in [3.8, 4) is 5.75 Å². The Morgan fingerprint density at radius 3 is 2.37 bits per heavy atom. The van der Waals surface area contributed by atoms with Crippen molar-refractivity contribution >= 4 is 15.7 Å². The first-order chi connectivity index (χ1) is 14.5. The molecule has 0 aromatic heterocycles. The zero-order valence-corrected chi connectivity index (χ0v) is 17.8. The van der Waals surface area contributed by atoms with Crippen LogP contribution in [-0.4, -0.2) is 31.4 Å². The number of nitrogens with one attached hydrogen (secondary N) is 1. The highest BCUT2D eigenvalue weighted by Crippen LogP contribution is 2.26. The van der Waals surface area contributed by atoms with E-state index in [4.69, 9.17) is 9.94 Å². The summed E-state index contributed by atoms with van der Waals surface area (Å²) in [6.45, 7) is 0. The second-order valence-corrected chi connectivity index (χ2v) is 9.86. The summed E-state index contributed by atoms with van der Waals surface area (Å²) in [5.74, 6) is -1.18. The van der Waals surface area contributed by atoms with Crippen LogP contribution in [0.15, 0.2) is 59.5 Å². The highest BCUT2D eigenvalue weighted by atomic mass is 32.2. The lowest BCUT2D eigenvalue weighted by Crippen LogP contribution is -2.33. The number of carbonyl (C=O) groups excluding carboxylic acids is 1. The van der Waals surface area contributed by atoms with Crippen molar-refractivity contribution in [2.75, 3.05) is 5.75 Å². The minimum absolute atomic E-state index is 0.153. The average molecular weight is 432 g/mol. The summed E-state index contributed by atoms with van der Waals surface area (Å²) in [6.07, 6.45) is 6.33. The summed E-state index contributed by atoms with van der Waals surface area (Å²) in [5, 5.41) is 9.05. The molecule has 0 aliphatic heterocycles. The molecule has 1 amide bonds. The molecule has 7 heteroatoms. The molecular formula is C23H29NO5S. The Kier molecular flexibility index (Phi) is 7.87. The maximum absolute atomic E-state index is 12.8. The van der Waals surface area contributed by atoms with Gasteiger partial charge in [-0.1, -0.05) is 30.3 Å². The Hall–Kier alpha value is -2.38. The first kappa shape index (κ1) is 22.3. The molecule has 1 atom stereocenters. The maximum atomic E-state index is 12.8. The largest absolute Gasteiger partial charge is 0.490 e. The Morgan fingerprint density at radius 1 is 1.07 bits per heavy atom. The van der Waals surface area contributed by atoms with Gasteiger partial charge in [0.05, 0.1) is 22.7 Å². The van der Waals surface area contributed by atoms with Crippen molar-refractivity contribution < 1.29 is 23.2 Å². The quantitative estimate of drug-likeness (QED) is 0.439. The minimum atomic E-state index is -3.68. The van der Waals surface area contributed by atoms with Gasteiger partial charge in [0.15, 0.2) is 9.84 Å². The molecule has 2 aromatic rings. The number of benzene rings is 2. The molecule has 1 fully saturated rings. The van der Waals surface area contributed by atoms with Crippen molar-refractivity contribution in [3.05, 3.63) is 60.2 Å². The van der Waals surface area contributed by atoms with Crippen molar-refractivity contribution in [2.24, 2.45) is 5.92 Å². The fraction of sp³-hybridized carbons (Fsp3) is 0.435. The van der Waals surface area contributed by atoms with Crippen molar-refractivity contribution in [1.29, 1.82) is 0 Å². The molecule has 0 spiro atoms. The van der Waals surface area contributed by atoms with Gasteiger partial charge in [-0.3, -0.25) is 10.0 Å². The van der Waals surface area contributed by atoms with E-state index in [0.29, 0.717) is 18.6 Å². The Bertz CT molecular complexity index is 906. The Morgan fingerprint density at radius 2 is 1.73 bits per heavy atom. The molecule has 0 radical (unpaired) electrons. The summed E-state index contributed by atoms with van der Waals surface area (Å²) in [4.78, 5) is 12.2. The fourth-order valence-electron chi connectivity index (χ4n) is 3.86. The van der Waals surface area contributed by atoms with Gasteiger partial charge in [0.25, 0.3) is 0 Å². The molecule has 1 unspecified atom stereocenters. The molecule has 2 aromatic carbocycles. The molecule has 162 valence electrons. The number of hydrogen-bond donors (Lipinski definition) is 2. The standard InChI is InChI=1S/C23H29NO5S/c25-23(24-26)19(10-6-9-18-7-2-1-3-8-18)17-30(27,28)22-15-13-21(14-16-22)29-20-11-4-5-12-20/h1-3,7-8,13-16,19-20,26H,4-6,9-12,17H2,(H,24,25). The van der Waals surface area contributed by atoms with E-state index in [2.05, 4.69) is 0 Å². The minimum Gasteiger partial charge on any atom is -0.490 e. The summed E-state index contributed by atoms with van der Waals surface area (Å²) in [5.41, 5.74) is 2.74. The molecule has 1 saturated carbocycles. The fourth-order valence-corrected chi connectivity index (χ4v) is 5.45. The van der Waals surface area contributed by atoms with Crippen molar-refractivity contribution in [3.63, 3.8) is 0 Å². The molecule has 6 nitrogen and oxygen atoms in total. The van der Waals surface area contributed by atoms with E-state index in [9.17, 15) is 13.2 Å². The van der Waals surface area contributed by atoms with Crippen molar-refractivity contribution in [1.82, 2.24) is 5.48 Å². The van der Waals surface area contributed by atoms with E-state index < -0.39 is 21.7 Å². The number of amides is 1. The Balaban J connectivity index is 1.61.